The summed E-state index contributed by atoms with van der Waals surface area (Å²) in [5, 5.41) is 3.12. The molecule has 1 heterocycles. The van der Waals surface area contributed by atoms with Crippen molar-refractivity contribution in [3.8, 4) is 5.75 Å². The second-order valence-corrected chi connectivity index (χ2v) is 6.74. The molecule has 2 unspecified atom stereocenters. The van der Waals surface area contributed by atoms with Crippen molar-refractivity contribution in [3.05, 3.63) is 24.3 Å². The zero-order chi connectivity index (χ0) is 15.2. The van der Waals surface area contributed by atoms with Crippen molar-refractivity contribution in [2.45, 2.75) is 36.0 Å². The largest absolute Gasteiger partial charge is 0.497 e. The van der Waals surface area contributed by atoms with Crippen molar-refractivity contribution >= 4 is 17.7 Å². The molecule has 2 atom stereocenters. The van der Waals surface area contributed by atoms with Crippen LogP contribution in [0.2, 0.25) is 0 Å². The summed E-state index contributed by atoms with van der Waals surface area (Å²) in [5.41, 5.74) is 0. The van der Waals surface area contributed by atoms with Crippen molar-refractivity contribution in [3.63, 3.8) is 0 Å². The van der Waals surface area contributed by atoms with Crippen molar-refractivity contribution in [1.29, 1.82) is 0 Å². The maximum Gasteiger partial charge on any atom is 0.236 e. The number of carbonyl (C=O) groups is 1. The standard InChI is InChI=1S/C16H24N2O2S/c1-12(21-15-8-6-14(20-3)7-9-15)16(19)18-10-4-5-13(18)11-17-2/h6-9,12-13,17H,4-5,10-11H2,1-3H3. The highest BCUT2D eigenvalue weighted by Crippen LogP contribution is 2.28. The van der Waals surface area contributed by atoms with Crippen LogP contribution in [0.3, 0.4) is 0 Å². The van der Waals surface area contributed by atoms with Gasteiger partial charge < -0.3 is 15.0 Å². The third-order valence-electron chi connectivity index (χ3n) is 3.82. The molecule has 0 saturated carbocycles. The van der Waals surface area contributed by atoms with E-state index in [4.69, 9.17) is 4.74 Å². The number of benzene rings is 1. The first-order chi connectivity index (χ1) is 10.2. The Labute approximate surface area is 131 Å². The van der Waals surface area contributed by atoms with Gasteiger partial charge in [0.05, 0.1) is 12.4 Å². The Morgan fingerprint density at radius 2 is 2.19 bits per heavy atom. The summed E-state index contributed by atoms with van der Waals surface area (Å²) in [5.74, 6) is 1.08. The lowest BCUT2D eigenvalue weighted by molar-refractivity contribution is -0.131. The van der Waals surface area contributed by atoms with Crippen LogP contribution in [0.5, 0.6) is 5.75 Å². The number of thioether (sulfide) groups is 1. The zero-order valence-electron chi connectivity index (χ0n) is 13.0. The highest BCUT2D eigenvalue weighted by Gasteiger charge is 2.31. The molecule has 4 nitrogen and oxygen atoms in total. The van der Waals surface area contributed by atoms with E-state index in [2.05, 4.69) is 5.32 Å². The number of carbonyl (C=O) groups excluding carboxylic acids is 1. The van der Waals surface area contributed by atoms with Gasteiger partial charge in [-0.25, -0.2) is 0 Å². The van der Waals surface area contributed by atoms with E-state index < -0.39 is 0 Å². The Hall–Kier alpha value is -1.20. The maximum absolute atomic E-state index is 12.6. The van der Waals surface area contributed by atoms with Gasteiger partial charge in [-0.3, -0.25) is 4.79 Å². The van der Waals surface area contributed by atoms with Crippen LogP contribution in [0, 0.1) is 0 Å². The first-order valence-corrected chi connectivity index (χ1v) is 8.29. The number of amides is 1. The zero-order valence-corrected chi connectivity index (χ0v) is 13.8. The van der Waals surface area contributed by atoms with Crippen molar-refractivity contribution < 1.29 is 9.53 Å². The Bertz CT molecular complexity index is 464. The van der Waals surface area contributed by atoms with Crippen LogP contribution in [-0.4, -0.2) is 49.3 Å². The van der Waals surface area contributed by atoms with E-state index in [1.807, 2.05) is 43.1 Å². The number of hydrogen-bond acceptors (Lipinski definition) is 4. The Morgan fingerprint density at radius 3 is 2.81 bits per heavy atom. The third kappa shape index (κ3) is 4.14. The summed E-state index contributed by atoms with van der Waals surface area (Å²) in [6, 6.07) is 8.21. The number of nitrogens with zero attached hydrogens (tertiary/aromatic N) is 1. The first kappa shape index (κ1) is 16.2. The van der Waals surface area contributed by atoms with Gasteiger partial charge in [0.2, 0.25) is 5.91 Å². The predicted molar refractivity (Wildman–Crippen MR) is 87.0 cm³/mol. The number of rotatable bonds is 6. The van der Waals surface area contributed by atoms with Gasteiger partial charge in [-0.2, -0.15) is 0 Å². The molecule has 0 aliphatic carbocycles. The lowest BCUT2D eigenvalue weighted by Crippen LogP contribution is -2.44. The third-order valence-corrected chi connectivity index (χ3v) is 4.92. The molecule has 0 aromatic heterocycles. The SMILES string of the molecule is CNCC1CCCN1C(=O)C(C)Sc1ccc(OC)cc1. The average molecular weight is 308 g/mol. The number of hydrogen-bond donors (Lipinski definition) is 1. The molecule has 1 aliphatic rings. The minimum absolute atomic E-state index is 0.0594. The van der Waals surface area contributed by atoms with Crippen LogP contribution >= 0.6 is 11.8 Å². The van der Waals surface area contributed by atoms with E-state index in [1.54, 1.807) is 18.9 Å². The topological polar surface area (TPSA) is 41.6 Å². The smallest absolute Gasteiger partial charge is 0.236 e. The Morgan fingerprint density at radius 1 is 1.48 bits per heavy atom. The fraction of sp³-hybridized carbons (Fsp3) is 0.562. The number of likely N-dealkylation sites (tertiary alicyclic amines) is 1. The van der Waals surface area contributed by atoms with Crippen molar-refractivity contribution in [1.82, 2.24) is 10.2 Å². The summed E-state index contributed by atoms with van der Waals surface area (Å²) in [7, 11) is 3.60. The van der Waals surface area contributed by atoms with E-state index in [0.29, 0.717) is 6.04 Å². The molecule has 1 aromatic rings. The number of likely N-dealkylation sites (N-methyl/N-ethyl adjacent to an activating group) is 1. The van der Waals surface area contributed by atoms with Crippen molar-refractivity contribution in [2.75, 3.05) is 27.2 Å². The molecule has 1 aliphatic heterocycles. The van der Waals surface area contributed by atoms with Crippen LogP contribution < -0.4 is 10.1 Å². The normalized spacial score (nSPS) is 19.6. The summed E-state index contributed by atoms with van der Waals surface area (Å²) >= 11 is 1.61. The molecule has 1 N–H and O–H groups in total. The van der Waals surface area contributed by atoms with Crippen LogP contribution in [0.4, 0.5) is 0 Å². The van der Waals surface area contributed by atoms with Crippen molar-refractivity contribution in [2.24, 2.45) is 0 Å². The second-order valence-electron chi connectivity index (χ2n) is 5.32. The van der Waals surface area contributed by atoms with Gasteiger partial charge in [-0.1, -0.05) is 0 Å². The van der Waals surface area contributed by atoms with E-state index in [-0.39, 0.29) is 11.2 Å². The Balaban J connectivity index is 1.95. The van der Waals surface area contributed by atoms with Gasteiger partial charge in [-0.15, -0.1) is 11.8 Å². The van der Waals surface area contributed by atoms with Gasteiger partial charge in [0.25, 0.3) is 0 Å². The van der Waals surface area contributed by atoms with E-state index >= 15 is 0 Å². The minimum atomic E-state index is -0.0594. The average Bonchev–Trinajstić information content (AvgIpc) is 2.96. The van der Waals surface area contributed by atoms with E-state index in [0.717, 1.165) is 36.6 Å². The second kappa shape index (κ2) is 7.71. The van der Waals surface area contributed by atoms with E-state index in [1.165, 1.54) is 0 Å². The molecule has 0 bridgehead atoms. The minimum Gasteiger partial charge on any atom is -0.497 e. The monoisotopic (exact) mass is 308 g/mol. The summed E-state index contributed by atoms with van der Waals surface area (Å²) in [6.45, 7) is 3.76. The van der Waals surface area contributed by atoms with Gasteiger partial charge in [0, 0.05) is 24.0 Å². The molecular weight excluding hydrogens is 284 g/mol. The number of ether oxygens (including phenoxy) is 1. The lowest BCUT2D eigenvalue weighted by atomic mass is 10.2. The highest BCUT2D eigenvalue weighted by atomic mass is 32.2. The van der Waals surface area contributed by atoms with Crippen LogP contribution in [0.25, 0.3) is 0 Å². The van der Waals surface area contributed by atoms with E-state index in [9.17, 15) is 4.79 Å². The summed E-state index contributed by atoms with van der Waals surface area (Å²) in [4.78, 5) is 15.7. The molecule has 1 aromatic carbocycles. The maximum atomic E-state index is 12.6. The quantitative estimate of drug-likeness (QED) is 0.819. The fourth-order valence-electron chi connectivity index (χ4n) is 2.72. The highest BCUT2D eigenvalue weighted by molar-refractivity contribution is 8.00. The molecule has 1 fully saturated rings. The molecule has 1 amide bonds. The van der Waals surface area contributed by atoms with Crippen LogP contribution in [-0.2, 0) is 4.79 Å². The van der Waals surface area contributed by atoms with Crippen LogP contribution in [0.1, 0.15) is 19.8 Å². The molecule has 1 saturated heterocycles. The molecule has 5 heteroatoms. The molecule has 116 valence electrons. The Kier molecular flexibility index (Phi) is 5.94. The lowest BCUT2D eigenvalue weighted by Gasteiger charge is -2.27. The van der Waals surface area contributed by atoms with Crippen LogP contribution in [0.15, 0.2) is 29.2 Å². The summed E-state index contributed by atoms with van der Waals surface area (Å²) in [6.07, 6.45) is 2.21. The molecule has 2 rings (SSSR count). The number of methoxy groups -OCH3 is 1. The molecule has 0 spiro atoms. The summed E-state index contributed by atoms with van der Waals surface area (Å²) < 4.78 is 5.15. The fourth-order valence-corrected chi connectivity index (χ4v) is 3.65. The van der Waals surface area contributed by atoms with Gasteiger partial charge in [0.15, 0.2) is 0 Å². The number of nitrogens with one attached hydrogen (secondary N) is 1. The van der Waals surface area contributed by atoms with Gasteiger partial charge >= 0.3 is 0 Å². The predicted octanol–water partition coefficient (Wildman–Crippen LogP) is 2.39. The van der Waals surface area contributed by atoms with Gasteiger partial charge in [-0.05, 0) is 51.1 Å². The molecular formula is C16H24N2O2S. The molecule has 21 heavy (non-hydrogen) atoms. The first-order valence-electron chi connectivity index (χ1n) is 7.41. The molecule has 0 radical (unpaired) electrons. The van der Waals surface area contributed by atoms with Gasteiger partial charge in [0.1, 0.15) is 5.75 Å².